The Bertz CT molecular complexity index is 1230. The quantitative estimate of drug-likeness (QED) is 0.396. The summed E-state index contributed by atoms with van der Waals surface area (Å²) in [6.07, 6.45) is 1.42. The fourth-order valence-electron chi connectivity index (χ4n) is 2.71. The summed E-state index contributed by atoms with van der Waals surface area (Å²) in [4.78, 5) is 29.1. The van der Waals surface area contributed by atoms with Crippen molar-refractivity contribution in [1.29, 1.82) is 0 Å². The highest BCUT2D eigenvalue weighted by Gasteiger charge is 2.15. The molecule has 0 atom stereocenters. The van der Waals surface area contributed by atoms with Crippen LogP contribution in [0.2, 0.25) is 10.0 Å². The highest BCUT2D eigenvalue weighted by Crippen LogP contribution is 2.34. The van der Waals surface area contributed by atoms with Crippen LogP contribution in [0.15, 0.2) is 53.1 Å². The monoisotopic (exact) mass is 461 g/mol. The summed E-state index contributed by atoms with van der Waals surface area (Å²) in [5.74, 6) is -0.262. The lowest BCUT2D eigenvalue weighted by Crippen LogP contribution is -2.12. The molecular formula is C20H13Cl2N3O4S. The van der Waals surface area contributed by atoms with E-state index in [4.69, 9.17) is 32.4 Å². The smallest absolute Gasteiger partial charge is 0.293 e. The molecule has 0 bridgehead atoms. The number of methoxy groups -OCH3 is 1. The van der Waals surface area contributed by atoms with Gasteiger partial charge in [0.1, 0.15) is 0 Å². The first-order valence-electron chi connectivity index (χ1n) is 8.54. The summed E-state index contributed by atoms with van der Waals surface area (Å²) in [5, 5.41) is 6.38. The molecule has 7 nitrogen and oxygen atoms in total. The third kappa shape index (κ3) is 4.11. The number of thiazole rings is 1. The largest absolute Gasteiger partial charge is 0.494 e. The zero-order chi connectivity index (χ0) is 21.3. The van der Waals surface area contributed by atoms with Gasteiger partial charge in [-0.3, -0.25) is 14.9 Å². The predicted octanol–water partition coefficient (Wildman–Crippen LogP) is 5.71. The molecule has 2 aromatic carbocycles. The van der Waals surface area contributed by atoms with Crippen molar-refractivity contribution >= 4 is 67.4 Å². The highest BCUT2D eigenvalue weighted by atomic mass is 35.5. The Morgan fingerprint density at radius 2 is 1.83 bits per heavy atom. The van der Waals surface area contributed by atoms with Gasteiger partial charge in [0.05, 0.1) is 33.6 Å². The van der Waals surface area contributed by atoms with Gasteiger partial charge in [-0.05, 0) is 42.5 Å². The average Bonchev–Trinajstić information content (AvgIpc) is 3.37. The van der Waals surface area contributed by atoms with Gasteiger partial charge in [0.2, 0.25) is 0 Å². The number of fused-ring (bicyclic) bond motifs is 1. The lowest BCUT2D eigenvalue weighted by atomic mass is 10.2. The summed E-state index contributed by atoms with van der Waals surface area (Å²) in [7, 11) is 1.45. The van der Waals surface area contributed by atoms with E-state index in [1.54, 1.807) is 30.3 Å². The number of rotatable bonds is 5. The third-order valence-corrected chi connectivity index (χ3v) is 5.57. The lowest BCUT2D eigenvalue weighted by molar-refractivity contribution is 0.0994. The Morgan fingerprint density at radius 1 is 1.07 bits per heavy atom. The maximum absolute atomic E-state index is 12.6. The van der Waals surface area contributed by atoms with Crippen LogP contribution in [0, 0.1) is 0 Å². The van der Waals surface area contributed by atoms with E-state index in [0.717, 1.165) is 4.70 Å². The van der Waals surface area contributed by atoms with Gasteiger partial charge >= 0.3 is 0 Å². The van der Waals surface area contributed by atoms with Crippen LogP contribution in [0.25, 0.3) is 10.2 Å². The van der Waals surface area contributed by atoms with Crippen molar-refractivity contribution in [3.8, 4) is 5.75 Å². The molecule has 0 aliphatic carbocycles. The van der Waals surface area contributed by atoms with Crippen molar-refractivity contribution in [2.75, 3.05) is 17.7 Å². The second-order valence-electron chi connectivity index (χ2n) is 6.06. The average molecular weight is 462 g/mol. The lowest BCUT2D eigenvalue weighted by Gasteiger charge is -2.09. The molecule has 0 aliphatic rings. The molecule has 10 heteroatoms. The number of benzene rings is 2. The highest BCUT2D eigenvalue weighted by molar-refractivity contribution is 7.22. The summed E-state index contributed by atoms with van der Waals surface area (Å²) < 4.78 is 10.9. The van der Waals surface area contributed by atoms with Gasteiger partial charge < -0.3 is 14.5 Å². The topological polar surface area (TPSA) is 93.5 Å². The summed E-state index contributed by atoms with van der Waals surface area (Å²) in [6, 6.07) is 11.4. The third-order valence-electron chi connectivity index (χ3n) is 4.08. The Morgan fingerprint density at radius 3 is 2.50 bits per heavy atom. The second kappa shape index (κ2) is 8.35. The number of nitrogens with one attached hydrogen (secondary N) is 2. The molecule has 2 aromatic heterocycles. The number of aromatic nitrogens is 1. The molecule has 0 spiro atoms. The zero-order valence-corrected chi connectivity index (χ0v) is 17.7. The van der Waals surface area contributed by atoms with Crippen LogP contribution in [0.3, 0.4) is 0 Å². The maximum Gasteiger partial charge on any atom is 0.293 e. The van der Waals surface area contributed by atoms with Gasteiger partial charge in [-0.2, -0.15) is 0 Å². The number of amides is 2. The standard InChI is InChI=1S/C20H13Cl2N3O4S/c1-28-17-12(21)7-10(8-13(17)22)18(26)23-11-4-5-14-16(9-11)30-20(24-14)25-19(27)15-3-2-6-29-15/h2-9H,1H3,(H,23,26)(H,24,25,27). The van der Waals surface area contributed by atoms with Crippen LogP contribution in [0.1, 0.15) is 20.9 Å². The minimum atomic E-state index is -0.388. The van der Waals surface area contributed by atoms with Gasteiger partial charge in [0.15, 0.2) is 16.6 Å². The molecule has 0 saturated carbocycles. The molecule has 2 heterocycles. The van der Waals surface area contributed by atoms with Gasteiger partial charge in [-0.1, -0.05) is 34.5 Å². The molecule has 4 rings (SSSR count). The van der Waals surface area contributed by atoms with E-state index in [2.05, 4.69) is 15.6 Å². The van der Waals surface area contributed by atoms with E-state index in [1.807, 2.05) is 0 Å². The van der Waals surface area contributed by atoms with E-state index in [-0.39, 0.29) is 27.6 Å². The molecule has 0 saturated heterocycles. The first-order valence-corrected chi connectivity index (χ1v) is 10.1. The summed E-state index contributed by atoms with van der Waals surface area (Å²) in [6.45, 7) is 0. The van der Waals surface area contributed by atoms with Crippen LogP contribution < -0.4 is 15.4 Å². The Labute approximate surface area is 184 Å². The maximum atomic E-state index is 12.6. The second-order valence-corrected chi connectivity index (χ2v) is 7.91. The fourth-order valence-corrected chi connectivity index (χ4v) is 4.25. The molecule has 0 aliphatic heterocycles. The molecule has 0 fully saturated rings. The molecule has 0 unspecified atom stereocenters. The SMILES string of the molecule is COc1c(Cl)cc(C(=O)Nc2ccc3nc(NC(=O)c4ccco4)sc3c2)cc1Cl. The van der Waals surface area contributed by atoms with Crippen molar-refractivity contribution in [2.24, 2.45) is 0 Å². The van der Waals surface area contributed by atoms with Gasteiger partial charge in [0.25, 0.3) is 11.8 Å². The van der Waals surface area contributed by atoms with E-state index in [9.17, 15) is 9.59 Å². The summed E-state index contributed by atoms with van der Waals surface area (Å²) in [5.41, 5.74) is 1.54. The number of carbonyl (C=O) groups excluding carboxylic acids is 2. The molecule has 2 N–H and O–H groups in total. The molecular weight excluding hydrogens is 449 g/mol. The first kappa shape index (κ1) is 20.2. The molecule has 4 aromatic rings. The number of halogens is 2. The molecule has 0 radical (unpaired) electrons. The van der Waals surface area contributed by atoms with Crippen molar-refractivity contribution in [1.82, 2.24) is 4.98 Å². The Balaban J connectivity index is 1.52. The number of hydrogen-bond acceptors (Lipinski definition) is 6. The fraction of sp³-hybridized carbons (Fsp3) is 0.0500. The van der Waals surface area contributed by atoms with Gasteiger partial charge in [0, 0.05) is 11.3 Å². The minimum absolute atomic E-state index is 0.194. The van der Waals surface area contributed by atoms with Crippen molar-refractivity contribution < 1.29 is 18.7 Å². The van der Waals surface area contributed by atoms with E-state index in [0.29, 0.717) is 27.6 Å². The van der Waals surface area contributed by atoms with Crippen LogP contribution in [-0.2, 0) is 0 Å². The molecule has 2 amide bonds. The first-order chi connectivity index (χ1) is 14.4. The predicted molar refractivity (Wildman–Crippen MR) is 117 cm³/mol. The molecule has 152 valence electrons. The van der Waals surface area contributed by atoms with Crippen LogP contribution in [-0.4, -0.2) is 23.9 Å². The van der Waals surface area contributed by atoms with Crippen LogP contribution in [0.4, 0.5) is 10.8 Å². The Hall–Kier alpha value is -3.07. The van der Waals surface area contributed by atoms with Gasteiger partial charge in [-0.25, -0.2) is 4.98 Å². The molecule has 30 heavy (non-hydrogen) atoms. The number of furan rings is 1. The summed E-state index contributed by atoms with van der Waals surface area (Å²) >= 11 is 13.5. The number of carbonyl (C=O) groups is 2. The number of nitrogens with zero attached hydrogens (tertiary/aromatic N) is 1. The number of anilines is 2. The van der Waals surface area contributed by atoms with E-state index in [1.165, 1.54) is 36.8 Å². The number of hydrogen-bond donors (Lipinski definition) is 2. The van der Waals surface area contributed by atoms with Crippen LogP contribution in [0.5, 0.6) is 5.75 Å². The Kier molecular flexibility index (Phi) is 5.63. The van der Waals surface area contributed by atoms with Gasteiger partial charge in [-0.15, -0.1) is 0 Å². The van der Waals surface area contributed by atoms with Crippen molar-refractivity contribution in [3.63, 3.8) is 0 Å². The normalized spacial score (nSPS) is 10.8. The number of ether oxygens (including phenoxy) is 1. The van der Waals surface area contributed by atoms with Crippen LogP contribution >= 0.6 is 34.5 Å². The zero-order valence-electron chi connectivity index (χ0n) is 15.4. The van der Waals surface area contributed by atoms with Crippen molar-refractivity contribution in [3.05, 3.63) is 70.1 Å². The minimum Gasteiger partial charge on any atom is -0.494 e. The van der Waals surface area contributed by atoms with Crippen molar-refractivity contribution in [2.45, 2.75) is 0 Å². The van der Waals surface area contributed by atoms with E-state index < -0.39 is 0 Å². The van der Waals surface area contributed by atoms with E-state index >= 15 is 0 Å².